The minimum atomic E-state index is -0.441. The van der Waals surface area contributed by atoms with Crippen LogP contribution >= 0.6 is 11.6 Å². The van der Waals surface area contributed by atoms with E-state index in [9.17, 15) is 9.50 Å². The molecule has 0 radical (unpaired) electrons. The number of methoxy groups -OCH3 is 1. The van der Waals surface area contributed by atoms with Crippen LogP contribution in [-0.4, -0.2) is 18.8 Å². The SMILES string of the molecule is COc1cccc(C(CO)NC(C)c2ccc(F)c(Cl)c2)c1. The van der Waals surface area contributed by atoms with Crippen molar-refractivity contribution in [3.63, 3.8) is 0 Å². The molecule has 2 aromatic rings. The van der Waals surface area contributed by atoms with Crippen LogP contribution in [0.1, 0.15) is 30.1 Å². The van der Waals surface area contributed by atoms with Crippen LogP contribution in [0.5, 0.6) is 5.75 Å². The van der Waals surface area contributed by atoms with Gasteiger partial charge in [0.1, 0.15) is 11.6 Å². The van der Waals surface area contributed by atoms with Crippen molar-refractivity contribution < 1.29 is 14.2 Å². The number of hydrogen-bond acceptors (Lipinski definition) is 3. The standard InChI is InChI=1S/C17H19ClFNO2/c1-11(12-6-7-16(19)15(18)9-12)20-17(10-21)13-4-3-5-14(8-13)22-2/h3-9,11,17,20-21H,10H2,1-2H3. The number of hydrogen-bond donors (Lipinski definition) is 2. The third-order valence-corrected chi connectivity index (χ3v) is 3.86. The van der Waals surface area contributed by atoms with Gasteiger partial charge in [0.15, 0.2) is 0 Å². The van der Waals surface area contributed by atoms with Gasteiger partial charge in [0, 0.05) is 6.04 Å². The van der Waals surface area contributed by atoms with E-state index in [-0.39, 0.29) is 23.7 Å². The number of benzene rings is 2. The Bertz CT molecular complexity index is 636. The molecule has 0 saturated heterocycles. The highest BCUT2D eigenvalue weighted by Gasteiger charge is 2.16. The van der Waals surface area contributed by atoms with Crippen molar-refractivity contribution in [2.45, 2.75) is 19.0 Å². The summed E-state index contributed by atoms with van der Waals surface area (Å²) in [5, 5.41) is 13.0. The number of rotatable bonds is 6. The van der Waals surface area contributed by atoms with Gasteiger partial charge in [-0.3, -0.25) is 0 Å². The average Bonchev–Trinajstić information content (AvgIpc) is 2.54. The molecule has 0 aliphatic rings. The van der Waals surface area contributed by atoms with Crippen LogP contribution in [0, 0.1) is 5.82 Å². The minimum Gasteiger partial charge on any atom is -0.497 e. The van der Waals surface area contributed by atoms with Crippen LogP contribution in [0.4, 0.5) is 4.39 Å². The van der Waals surface area contributed by atoms with E-state index in [4.69, 9.17) is 16.3 Å². The smallest absolute Gasteiger partial charge is 0.141 e. The molecule has 0 aliphatic carbocycles. The Hall–Kier alpha value is -1.62. The molecule has 0 saturated carbocycles. The van der Waals surface area contributed by atoms with E-state index in [1.807, 2.05) is 31.2 Å². The molecule has 118 valence electrons. The molecule has 2 rings (SSSR count). The second-order valence-corrected chi connectivity index (χ2v) is 5.48. The largest absolute Gasteiger partial charge is 0.497 e. The Labute approximate surface area is 134 Å². The van der Waals surface area contributed by atoms with Gasteiger partial charge in [-0.2, -0.15) is 0 Å². The van der Waals surface area contributed by atoms with E-state index in [1.54, 1.807) is 19.2 Å². The zero-order valence-electron chi connectivity index (χ0n) is 12.5. The fraction of sp³-hybridized carbons (Fsp3) is 0.294. The van der Waals surface area contributed by atoms with Crippen LogP contribution in [0.3, 0.4) is 0 Å². The van der Waals surface area contributed by atoms with Crippen molar-refractivity contribution in [3.05, 3.63) is 64.4 Å². The van der Waals surface area contributed by atoms with Gasteiger partial charge in [-0.25, -0.2) is 4.39 Å². The zero-order chi connectivity index (χ0) is 16.1. The maximum Gasteiger partial charge on any atom is 0.141 e. The summed E-state index contributed by atoms with van der Waals surface area (Å²) in [6.07, 6.45) is 0. The van der Waals surface area contributed by atoms with Gasteiger partial charge in [-0.05, 0) is 42.3 Å². The van der Waals surface area contributed by atoms with Crippen molar-refractivity contribution in [1.29, 1.82) is 0 Å². The molecule has 3 nitrogen and oxygen atoms in total. The van der Waals surface area contributed by atoms with Gasteiger partial charge in [-0.1, -0.05) is 29.8 Å². The lowest BCUT2D eigenvalue weighted by Crippen LogP contribution is -2.27. The van der Waals surface area contributed by atoms with Crippen LogP contribution < -0.4 is 10.1 Å². The fourth-order valence-corrected chi connectivity index (χ4v) is 2.48. The topological polar surface area (TPSA) is 41.5 Å². The molecule has 22 heavy (non-hydrogen) atoms. The van der Waals surface area contributed by atoms with Crippen molar-refractivity contribution >= 4 is 11.6 Å². The first-order chi connectivity index (χ1) is 10.5. The van der Waals surface area contributed by atoms with E-state index in [1.165, 1.54) is 6.07 Å². The normalized spacial score (nSPS) is 13.7. The molecule has 2 N–H and O–H groups in total. The molecule has 0 aliphatic heterocycles. The summed E-state index contributed by atoms with van der Waals surface area (Å²) in [7, 11) is 1.60. The summed E-state index contributed by atoms with van der Waals surface area (Å²) in [4.78, 5) is 0. The molecular weight excluding hydrogens is 305 g/mol. The lowest BCUT2D eigenvalue weighted by atomic mass is 10.0. The summed E-state index contributed by atoms with van der Waals surface area (Å²) >= 11 is 5.82. The molecular formula is C17H19ClFNO2. The lowest BCUT2D eigenvalue weighted by Gasteiger charge is -2.23. The van der Waals surface area contributed by atoms with Crippen LogP contribution in [0.25, 0.3) is 0 Å². The van der Waals surface area contributed by atoms with Crippen LogP contribution in [0.15, 0.2) is 42.5 Å². The Kier molecular flexibility index (Phi) is 5.77. The number of aliphatic hydroxyl groups is 1. The summed E-state index contributed by atoms with van der Waals surface area (Å²) in [5.41, 5.74) is 1.77. The molecule has 0 heterocycles. The van der Waals surface area contributed by atoms with Gasteiger partial charge in [0.25, 0.3) is 0 Å². The van der Waals surface area contributed by atoms with E-state index in [2.05, 4.69) is 5.32 Å². The lowest BCUT2D eigenvalue weighted by molar-refractivity contribution is 0.235. The summed E-state index contributed by atoms with van der Waals surface area (Å²) in [6, 6.07) is 11.8. The highest BCUT2D eigenvalue weighted by Crippen LogP contribution is 2.25. The maximum absolute atomic E-state index is 13.2. The number of ether oxygens (including phenoxy) is 1. The molecule has 5 heteroatoms. The van der Waals surface area contributed by atoms with Gasteiger partial charge < -0.3 is 15.2 Å². The molecule has 0 spiro atoms. The molecule has 0 fully saturated rings. The fourth-order valence-electron chi connectivity index (χ4n) is 2.29. The summed E-state index contributed by atoms with van der Waals surface area (Å²) in [6.45, 7) is 1.87. The predicted molar refractivity (Wildman–Crippen MR) is 85.8 cm³/mol. The molecule has 2 aromatic carbocycles. The average molecular weight is 324 g/mol. The number of halogens is 2. The first kappa shape index (κ1) is 16.7. The van der Waals surface area contributed by atoms with Gasteiger partial charge in [-0.15, -0.1) is 0 Å². The molecule has 2 atom stereocenters. The first-order valence-corrected chi connectivity index (χ1v) is 7.38. The summed E-state index contributed by atoms with van der Waals surface area (Å²) < 4.78 is 18.4. The van der Waals surface area contributed by atoms with Crippen molar-refractivity contribution in [1.82, 2.24) is 5.32 Å². The molecule has 0 bridgehead atoms. The Morgan fingerprint density at radius 3 is 2.64 bits per heavy atom. The first-order valence-electron chi connectivity index (χ1n) is 7.01. The highest BCUT2D eigenvalue weighted by molar-refractivity contribution is 6.30. The summed E-state index contributed by atoms with van der Waals surface area (Å²) in [5.74, 6) is 0.291. The molecule has 0 amide bonds. The van der Waals surface area contributed by atoms with Crippen molar-refractivity contribution in [2.75, 3.05) is 13.7 Å². The Balaban J connectivity index is 2.16. The number of aliphatic hydroxyl groups excluding tert-OH is 1. The monoisotopic (exact) mass is 323 g/mol. The third-order valence-electron chi connectivity index (χ3n) is 3.57. The highest BCUT2D eigenvalue weighted by atomic mass is 35.5. The molecule has 0 aromatic heterocycles. The predicted octanol–water partition coefficient (Wildman–Crippen LogP) is 3.87. The zero-order valence-corrected chi connectivity index (χ0v) is 13.3. The van der Waals surface area contributed by atoms with Gasteiger partial charge >= 0.3 is 0 Å². The van der Waals surface area contributed by atoms with Crippen LogP contribution in [0.2, 0.25) is 5.02 Å². The van der Waals surface area contributed by atoms with Gasteiger partial charge in [0.05, 0.1) is 24.8 Å². The van der Waals surface area contributed by atoms with E-state index in [0.717, 1.165) is 16.9 Å². The van der Waals surface area contributed by atoms with E-state index in [0.29, 0.717) is 0 Å². The van der Waals surface area contributed by atoms with E-state index >= 15 is 0 Å². The van der Waals surface area contributed by atoms with Gasteiger partial charge in [0.2, 0.25) is 0 Å². The second-order valence-electron chi connectivity index (χ2n) is 5.07. The van der Waals surface area contributed by atoms with E-state index < -0.39 is 5.82 Å². The van der Waals surface area contributed by atoms with Crippen molar-refractivity contribution in [3.8, 4) is 5.75 Å². The second kappa shape index (κ2) is 7.58. The van der Waals surface area contributed by atoms with Crippen LogP contribution in [-0.2, 0) is 0 Å². The maximum atomic E-state index is 13.2. The number of nitrogens with one attached hydrogen (secondary N) is 1. The third kappa shape index (κ3) is 3.97. The Morgan fingerprint density at radius 1 is 1.23 bits per heavy atom. The van der Waals surface area contributed by atoms with Crippen molar-refractivity contribution in [2.24, 2.45) is 0 Å². The molecule has 2 unspecified atom stereocenters. The minimum absolute atomic E-state index is 0.0631. The quantitative estimate of drug-likeness (QED) is 0.848. The Morgan fingerprint density at radius 2 is 2.00 bits per heavy atom.